The summed E-state index contributed by atoms with van der Waals surface area (Å²) in [7, 11) is 0. The molecule has 1 fully saturated rings. The van der Waals surface area contributed by atoms with Crippen LogP contribution in [-0.4, -0.2) is 36.8 Å². The van der Waals surface area contributed by atoms with E-state index in [2.05, 4.69) is 5.11 Å². The summed E-state index contributed by atoms with van der Waals surface area (Å²) in [6, 6.07) is -3.03. The molecular weight excluding hydrogens is 368 g/mol. The highest BCUT2D eigenvalue weighted by molar-refractivity contribution is 5.72. The molecule has 0 spiro atoms. The molecule has 2 aliphatic carbocycles. The van der Waals surface area contributed by atoms with Gasteiger partial charge in [-0.1, -0.05) is 45.6 Å². The van der Waals surface area contributed by atoms with E-state index < -0.39 is 117 Å². The van der Waals surface area contributed by atoms with Gasteiger partial charge in [-0.2, -0.15) is 0 Å². The van der Waals surface area contributed by atoms with Gasteiger partial charge in [-0.25, -0.2) is 0 Å². The average molecular weight is 424 g/mol. The van der Waals surface area contributed by atoms with Gasteiger partial charge in [-0.15, -0.1) is 0 Å². The van der Waals surface area contributed by atoms with E-state index in [9.17, 15) is 9.59 Å². The lowest BCUT2D eigenvalue weighted by atomic mass is 9.65. The van der Waals surface area contributed by atoms with E-state index in [1.807, 2.05) is 0 Å². The van der Waals surface area contributed by atoms with Crippen LogP contribution in [-0.2, 0) is 19.1 Å². The Bertz CT molecular complexity index is 1350. The fraction of sp³-hybridized carbons (Fsp3) is 0.750. The van der Waals surface area contributed by atoms with Crippen LogP contribution in [0, 0.1) is 29.5 Å². The van der Waals surface area contributed by atoms with Gasteiger partial charge in [-0.05, 0) is 48.9 Å². The molecule has 8 atom stereocenters. The third-order valence-corrected chi connectivity index (χ3v) is 5.23. The highest BCUT2D eigenvalue weighted by Crippen LogP contribution is 2.45. The van der Waals surface area contributed by atoms with Crippen molar-refractivity contribution in [3.8, 4) is 0 Å². The molecule has 1 aliphatic heterocycles. The molecule has 3 aliphatic rings. The first-order chi connectivity index (χ1) is 21.4. The normalized spacial score (nSPS) is 57.1. The molecule has 3 rings (SSSR count). The van der Waals surface area contributed by atoms with Gasteiger partial charge in [0.15, 0.2) is 0 Å². The molecule has 1 saturated heterocycles. The topological polar surface area (TPSA) is 72.8 Å². The maximum absolute atomic E-state index is 13.6. The zero-order chi connectivity index (χ0) is 37.4. The first-order valence-corrected chi connectivity index (χ1v) is 9.32. The maximum Gasteiger partial charge on any atom is 0.308 e. The van der Waals surface area contributed by atoms with Crippen molar-refractivity contribution in [2.24, 2.45) is 29.5 Å². The van der Waals surface area contributed by atoms with Crippen molar-refractivity contribution in [2.45, 2.75) is 84.2 Å². The minimum Gasteiger partial charge on any atom is -0.462 e. The number of hydrogen-bond donors (Lipinski definition) is 1. The van der Waals surface area contributed by atoms with Gasteiger partial charge in [0, 0.05) is 32.9 Å². The molecule has 162 valence electrons. The first kappa shape index (κ1) is 8.14. The van der Waals surface area contributed by atoms with Crippen LogP contribution in [0.1, 0.15) is 90.6 Å². The average Bonchev–Trinajstić information content (AvgIpc) is 2.90. The summed E-state index contributed by atoms with van der Waals surface area (Å²) < 4.78 is 166. The minimum atomic E-state index is -3.82. The molecule has 0 aromatic heterocycles. The number of carbonyl (C=O) groups is 2. The number of hydrogen-bond acceptors (Lipinski definition) is 5. The number of esters is 2. The summed E-state index contributed by atoms with van der Waals surface area (Å²) in [5, 5.41) is 4.52. The Kier molecular flexibility index (Phi) is 2.66. The Labute approximate surface area is 201 Å². The largest absolute Gasteiger partial charge is 0.462 e. The molecule has 0 radical (unpaired) electrons. The predicted molar refractivity (Wildman–Crippen MR) is 111 cm³/mol. The molecule has 0 aromatic carbocycles. The van der Waals surface area contributed by atoms with Crippen molar-refractivity contribution < 1.29 is 48.8 Å². The number of aliphatic hydroxyl groups excluding tert-OH is 1. The number of ether oxygens (including phenoxy) is 2. The van der Waals surface area contributed by atoms with Crippen molar-refractivity contribution >= 4 is 11.9 Å². The number of carbonyl (C=O) groups excluding carboxylic acids is 2. The van der Waals surface area contributed by atoms with Crippen LogP contribution in [0.2, 0.25) is 0 Å². The predicted octanol–water partition coefficient (Wildman–Crippen LogP) is 4.20. The zero-order valence-electron chi connectivity index (χ0n) is 34.8. The molecule has 1 heterocycles. The Morgan fingerprint density at radius 1 is 1.62 bits per heavy atom. The molecule has 0 bridgehead atoms. The van der Waals surface area contributed by atoms with E-state index in [-0.39, 0.29) is 25.7 Å². The summed E-state index contributed by atoms with van der Waals surface area (Å²) in [5.74, 6) is -15.2. The monoisotopic (exact) mass is 423 g/mol. The van der Waals surface area contributed by atoms with Crippen molar-refractivity contribution in [3.05, 3.63) is 23.7 Å². The van der Waals surface area contributed by atoms with Gasteiger partial charge < -0.3 is 14.6 Å². The molecule has 0 amide bonds. The molecule has 2 unspecified atom stereocenters. The number of cyclic esters (lactones) is 1. The van der Waals surface area contributed by atoms with Crippen LogP contribution in [0.4, 0.5) is 0 Å². The van der Waals surface area contributed by atoms with Gasteiger partial charge in [-0.3, -0.25) is 9.59 Å². The van der Waals surface area contributed by atoms with E-state index in [0.29, 0.717) is 0 Å². The van der Waals surface area contributed by atoms with Crippen LogP contribution in [0.5, 0.6) is 0 Å². The Hall–Kier alpha value is -1.62. The Morgan fingerprint density at radius 3 is 3.28 bits per heavy atom. The molecule has 1 N–H and O–H groups in total. The maximum atomic E-state index is 13.6. The quantitative estimate of drug-likeness (QED) is 0.622. The zero-order valence-corrected chi connectivity index (χ0v) is 15.8. The van der Waals surface area contributed by atoms with E-state index >= 15 is 0 Å². The van der Waals surface area contributed by atoms with E-state index in [0.717, 1.165) is 6.92 Å². The molecule has 0 aromatic rings. The number of rotatable bonds is 7. The van der Waals surface area contributed by atoms with E-state index in [1.165, 1.54) is 0 Å². The lowest BCUT2D eigenvalue weighted by molar-refractivity contribution is -0.162. The molecule has 5 heteroatoms. The van der Waals surface area contributed by atoms with Gasteiger partial charge >= 0.3 is 11.9 Å². The highest BCUT2D eigenvalue weighted by Gasteiger charge is 2.42. The second-order valence-corrected chi connectivity index (χ2v) is 7.31. The van der Waals surface area contributed by atoms with Gasteiger partial charge in [0.1, 0.15) is 12.2 Å². The summed E-state index contributed by atoms with van der Waals surface area (Å²) in [5.41, 5.74) is -0.758. The van der Waals surface area contributed by atoms with Crippen molar-refractivity contribution in [1.29, 1.82) is 1.43 Å². The number of allylic oxidation sites excluding steroid dienone is 3. The van der Waals surface area contributed by atoms with Gasteiger partial charge in [0.05, 0.1) is 22.6 Å². The second-order valence-electron chi connectivity index (χ2n) is 7.31. The van der Waals surface area contributed by atoms with Crippen LogP contribution in [0.15, 0.2) is 23.7 Å². The van der Waals surface area contributed by atoms with E-state index in [4.69, 9.17) is 35.6 Å². The smallest absolute Gasteiger partial charge is 0.308 e. The number of aliphatic hydroxyl groups is 1. The fourth-order valence-electron chi connectivity index (χ4n) is 3.83. The van der Waals surface area contributed by atoms with Crippen molar-refractivity contribution in [3.63, 3.8) is 0 Å². The molecular formula is C24H36O5. The van der Waals surface area contributed by atoms with Crippen LogP contribution in [0.3, 0.4) is 0 Å². The molecule has 29 heavy (non-hydrogen) atoms. The number of fused-ring (bicyclic) bond motifs is 1. The van der Waals surface area contributed by atoms with Gasteiger partial charge in [0.25, 0.3) is 0 Å². The van der Waals surface area contributed by atoms with E-state index in [1.54, 1.807) is 0 Å². The molecule has 0 saturated carbocycles. The Balaban J connectivity index is 2.30. The fourth-order valence-corrected chi connectivity index (χ4v) is 3.83. The van der Waals surface area contributed by atoms with Crippen LogP contribution < -0.4 is 0 Å². The van der Waals surface area contributed by atoms with Crippen LogP contribution >= 0.6 is 0 Å². The summed E-state index contributed by atoms with van der Waals surface area (Å²) in [4.78, 5) is 25.7. The lowest BCUT2D eigenvalue weighted by Gasteiger charge is -2.43. The third-order valence-electron chi connectivity index (χ3n) is 5.23. The third kappa shape index (κ3) is 5.30. The Morgan fingerprint density at radius 2 is 2.52 bits per heavy atom. The summed E-state index contributed by atoms with van der Waals surface area (Å²) >= 11 is 0. The lowest BCUT2D eigenvalue weighted by Crippen LogP contribution is -2.42. The van der Waals surface area contributed by atoms with Crippen molar-refractivity contribution in [2.75, 3.05) is 0 Å². The van der Waals surface area contributed by atoms with Gasteiger partial charge in [0.2, 0.25) is 1.43 Å². The van der Waals surface area contributed by atoms with Crippen LogP contribution in [0.25, 0.3) is 0 Å². The minimum absolute atomic E-state index is 0.0135. The highest BCUT2D eigenvalue weighted by atomic mass is 16.5. The molecule has 5 nitrogen and oxygen atoms in total. The summed E-state index contributed by atoms with van der Waals surface area (Å²) in [6.07, 6.45) is -12.6. The van der Waals surface area contributed by atoms with Crippen molar-refractivity contribution in [1.82, 2.24) is 0 Å². The summed E-state index contributed by atoms with van der Waals surface area (Å²) in [6.45, 7) is -10.1. The standard InChI is InChI=1S/C24H36O5/c1-5-15(3)24(27)29-21-11-14(2)10-17-7-6-16(4)20(23(17)21)9-8-19-12-18(25)13-22(26)28-19/h6-7,10,14-16,18-21,23,25H,5,8-9,11-13H2,1-4H3/t14-,15-,16-,18+,19?,20-,21?,23-/m0/s1/i1D3,2D3,3D3,5D2,6D,7D,10D,11D2,14D,16D,25D. The first-order valence-electron chi connectivity index (χ1n) is 18.7. The SMILES string of the molecule is [2H]O[C@H]1CC(=O)OC(CC[C@@H]2[C@@H]3C(=C([2H])[C@]([2H])(C([2H])([2H])[2H])C([2H])([2H])C3OC(=O)[C@@H](C([2H])([2H])[2H])C([2H])([2H])C([2H])([2H])[2H])C([2H])=C([2H])[C@]2([2H])C)C1. The second kappa shape index (κ2) is 9.46.